The third-order valence-corrected chi connectivity index (χ3v) is 3.16. The number of rotatable bonds is 3. The van der Waals surface area contributed by atoms with Gasteiger partial charge in [0.05, 0.1) is 10.7 Å². The van der Waals surface area contributed by atoms with E-state index in [9.17, 15) is 0 Å². The summed E-state index contributed by atoms with van der Waals surface area (Å²) < 4.78 is 0. The molecule has 0 saturated heterocycles. The Morgan fingerprint density at radius 3 is 2.42 bits per heavy atom. The van der Waals surface area contributed by atoms with E-state index >= 15 is 0 Å². The molecule has 1 aromatic carbocycles. The maximum atomic E-state index is 6.10. The van der Waals surface area contributed by atoms with Gasteiger partial charge in [-0.2, -0.15) is 0 Å². The van der Waals surface area contributed by atoms with E-state index in [1.807, 2.05) is 13.8 Å². The number of halogens is 3. The summed E-state index contributed by atoms with van der Waals surface area (Å²) in [4.78, 5) is 8.57. The second-order valence-electron chi connectivity index (χ2n) is 4.34. The molecule has 100 valence electrons. The Labute approximate surface area is 126 Å². The lowest BCUT2D eigenvalue weighted by atomic mass is 10.2. The number of hydrogen-bond donors (Lipinski definition) is 1. The SMILES string of the molecule is CC(C)c1nc(Cl)cc(Nc2ccc(Cl)cc2Cl)n1. The van der Waals surface area contributed by atoms with E-state index in [1.54, 1.807) is 24.3 Å². The van der Waals surface area contributed by atoms with Crippen LogP contribution in [0.3, 0.4) is 0 Å². The topological polar surface area (TPSA) is 37.8 Å². The predicted molar refractivity (Wildman–Crippen MR) is 80.9 cm³/mol. The van der Waals surface area contributed by atoms with E-state index in [4.69, 9.17) is 34.8 Å². The van der Waals surface area contributed by atoms with E-state index in [-0.39, 0.29) is 5.92 Å². The average Bonchev–Trinajstić information content (AvgIpc) is 2.32. The molecular weight excluding hydrogens is 305 g/mol. The molecule has 0 aliphatic rings. The molecule has 1 N–H and O–H groups in total. The molecule has 2 aromatic rings. The van der Waals surface area contributed by atoms with Crippen molar-refractivity contribution in [3.05, 3.63) is 45.3 Å². The molecule has 0 fully saturated rings. The van der Waals surface area contributed by atoms with Crippen LogP contribution in [0, 0.1) is 0 Å². The van der Waals surface area contributed by atoms with Crippen molar-refractivity contribution in [2.24, 2.45) is 0 Å². The fraction of sp³-hybridized carbons (Fsp3) is 0.231. The molecule has 1 aromatic heterocycles. The molecule has 3 nitrogen and oxygen atoms in total. The number of nitrogens with zero attached hydrogens (tertiary/aromatic N) is 2. The van der Waals surface area contributed by atoms with Crippen LogP contribution < -0.4 is 5.32 Å². The third kappa shape index (κ3) is 3.72. The molecule has 0 radical (unpaired) electrons. The van der Waals surface area contributed by atoms with Gasteiger partial charge in [-0.25, -0.2) is 9.97 Å². The highest BCUT2D eigenvalue weighted by atomic mass is 35.5. The Morgan fingerprint density at radius 1 is 1.05 bits per heavy atom. The van der Waals surface area contributed by atoms with Crippen LogP contribution in [-0.2, 0) is 0 Å². The Hall–Kier alpha value is -1.03. The standard InChI is InChI=1S/C13H12Cl3N3/c1-7(2)13-18-11(16)6-12(19-13)17-10-4-3-8(14)5-9(10)15/h3-7H,1-2H3,(H,17,18,19). The normalized spacial score (nSPS) is 10.8. The van der Waals surface area contributed by atoms with Crippen molar-refractivity contribution in [1.29, 1.82) is 0 Å². The third-order valence-electron chi connectivity index (χ3n) is 2.42. The van der Waals surface area contributed by atoms with E-state index in [2.05, 4.69) is 15.3 Å². The number of nitrogens with one attached hydrogen (secondary N) is 1. The minimum Gasteiger partial charge on any atom is -0.339 e. The van der Waals surface area contributed by atoms with Crippen LogP contribution >= 0.6 is 34.8 Å². The minimum atomic E-state index is 0.194. The van der Waals surface area contributed by atoms with Crippen LogP contribution in [0.1, 0.15) is 25.6 Å². The van der Waals surface area contributed by atoms with Crippen molar-refractivity contribution < 1.29 is 0 Å². The maximum Gasteiger partial charge on any atom is 0.135 e. The van der Waals surface area contributed by atoms with Crippen molar-refractivity contribution in [3.63, 3.8) is 0 Å². The van der Waals surface area contributed by atoms with Gasteiger partial charge in [0.15, 0.2) is 0 Å². The van der Waals surface area contributed by atoms with Crippen molar-refractivity contribution in [2.45, 2.75) is 19.8 Å². The van der Waals surface area contributed by atoms with Crippen LogP contribution in [0.4, 0.5) is 11.5 Å². The molecule has 0 bridgehead atoms. The first-order chi connectivity index (χ1) is 8.95. The zero-order chi connectivity index (χ0) is 14.0. The number of anilines is 2. The monoisotopic (exact) mass is 315 g/mol. The van der Waals surface area contributed by atoms with Crippen LogP contribution in [0.15, 0.2) is 24.3 Å². The van der Waals surface area contributed by atoms with E-state index in [0.717, 1.165) is 5.69 Å². The largest absolute Gasteiger partial charge is 0.339 e. The van der Waals surface area contributed by atoms with Gasteiger partial charge >= 0.3 is 0 Å². The van der Waals surface area contributed by atoms with Gasteiger partial charge in [0.1, 0.15) is 16.8 Å². The van der Waals surface area contributed by atoms with Gasteiger partial charge in [0.25, 0.3) is 0 Å². The summed E-state index contributed by atoms with van der Waals surface area (Å²) >= 11 is 17.9. The summed E-state index contributed by atoms with van der Waals surface area (Å²) in [7, 11) is 0. The molecule has 0 spiro atoms. The summed E-state index contributed by atoms with van der Waals surface area (Å²) in [5.74, 6) is 1.48. The second kappa shape index (κ2) is 5.95. The molecular formula is C13H12Cl3N3. The van der Waals surface area contributed by atoms with Crippen molar-refractivity contribution in [3.8, 4) is 0 Å². The molecule has 0 saturated carbocycles. The van der Waals surface area contributed by atoms with Crippen molar-refractivity contribution in [1.82, 2.24) is 9.97 Å². The van der Waals surface area contributed by atoms with Gasteiger partial charge in [-0.3, -0.25) is 0 Å². The fourth-order valence-electron chi connectivity index (χ4n) is 1.49. The summed E-state index contributed by atoms with van der Waals surface area (Å²) in [6, 6.07) is 6.85. The molecule has 6 heteroatoms. The van der Waals surface area contributed by atoms with Crippen LogP contribution in [0.25, 0.3) is 0 Å². The van der Waals surface area contributed by atoms with E-state index in [1.165, 1.54) is 0 Å². The van der Waals surface area contributed by atoms with Gasteiger partial charge < -0.3 is 5.32 Å². The van der Waals surface area contributed by atoms with Crippen LogP contribution in [0.5, 0.6) is 0 Å². The zero-order valence-electron chi connectivity index (χ0n) is 10.4. The Morgan fingerprint density at radius 2 is 1.79 bits per heavy atom. The molecule has 0 aliphatic heterocycles. The lowest BCUT2D eigenvalue weighted by Gasteiger charge is -2.11. The molecule has 1 heterocycles. The van der Waals surface area contributed by atoms with Gasteiger partial charge in [0.2, 0.25) is 0 Å². The Bertz CT molecular complexity index is 600. The first-order valence-corrected chi connectivity index (χ1v) is 6.85. The first kappa shape index (κ1) is 14.4. The van der Waals surface area contributed by atoms with Crippen molar-refractivity contribution in [2.75, 3.05) is 5.32 Å². The Kier molecular flexibility index (Phi) is 4.50. The highest BCUT2D eigenvalue weighted by molar-refractivity contribution is 6.36. The molecule has 0 unspecified atom stereocenters. The quantitative estimate of drug-likeness (QED) is 0.780. The molecule has 0 atom stereocenters. The lowest BCUT2D eigenvalue weighted by Crippen LogP contribution is -2.02. The smallest absolute Gasteiger partial charge is 0.135 e. The highest BCUT2D eigenvalue weighted by Crippen LogP contribution is 2.28. The predicted octanol–water partition coefficient (Wildman–Crippen LogP) is 5.30. The summed E-state index contributed by atoms with van der Waals surface area (Å²) in [5.41, 5.74) is 0.718. The zero-order valence-corrected chi connectivity index (χ0v) is 12.7. The maximum absolute atomic E-state index is 6.10. The van der Waals surface area contributed by atoms with Gasteiger partial charge in [0, 0.05) is 17.0 Å². The number of aromatic nitrogens is 2. The average molecular weight is 317 g/mol. The van der Waals surface area contributed by atoms with Crippen molar-refractivity contribution >= 4 is 46.3 Å². The molecule has 0 aliphatic carbocycles. The summed E-state index contributed by atoms with van der Waals surface area (Å²) in [6.45, 7) is 4.01. The second-order valence-corrected chi connectivity index (χ2v) is 5.57. The molecule has 0 amide bonds. The highest BCUT2D eigenvalue weighted by Gasteiger charge is 2.08. The summed E-state index contributed by atoms with van der Waals surface area (Å²) in [6.07, 6.45) is 0. The lowest BCUT2D eigenvalue weighted by molar-refractivity contribution is 0.776. The Balaban J connectivity index is 2.32. The van der Waals surface area contributed by atoms with Gasteiger partial charge in [-0.1, -0.05) is 48.7 Å². The number of benzene rings is 1. The number of hydrogen-bond acceptors (Lipinski definition) is 3. The van der Waals surface area contributed by atoms with E-state index in [0.29, 0.717) is 26.8 Å². The van der Waals surface area contributed by atoms with Crippen LogP contribution in [-0.4, -0.2) is 9.97 Å². The van der Waals surface area contributed by atoms with Gasteiger partial charge in [-0.05, 0) is 18.2 Å². The minimum absolute atomic E-state index is 0.194. The molecule has 2 rings (SSSR count). The van der Waals surface area contributed by atoms with E-state index < -0.39 is 0 Å². The fourth-order valence-corrected chi connectivity index (χ4v) is 2.13. The van der Waals surface area contributed by atoms with Gasteiger partial charge in [-0.15, -0.1) is 0 Å². The molecule has 19 heavy (non-hydrogen) atoms. The summed E-state index contributed by atoms with van der Waals surface area (Å²) in [5, 5.41) is 4.61. The van der Waals surface area contributed by atoms with Crippen LogP contribution in [0.2, 0.25) is 15.2 Å². The first-order valence-electron chi connectivity index (χ1n) is 5.72.